The van der Waals surface area contributed by atoms with E-state index in [9.17, 15) is 10.1 Å². The summed E-state index contributed by atoms with van der Waals surface area (Å²) in [4.78, 5) is 19.5. The number of fused-ring (bicyclic) bond motifs is 1. The van der Waals surface area contributed by atoms with Crippen molar-refractivity contribution in [3.63, 3.8) is 0 Å². The highest BCUT2D eigenvalue weighted by atomic mass is 32.2. The fraction of sp³-hybridized carbons (Fsp3) is 0.0667. The van der Waals surface area contributed by atoms with Crippen molar-refractivity contribution in [3.05, 3.63) is 58.6 Å². The zero-order valence-electron chi connectivity index (χ0n) is 11.2. The van der Waals surface area contributed by atoms with E-state index in [1.54, 1.807) is 12.1 Å². The van der Waals surface area contributed by atoms with Crippen LogP contribution in [0.15, 0.2) is 53.6 Å². The van der Waals surface area contributed by atoms with Gasteiger partial charge in [-0.25, -0.2) is 9.97 Å². The summed E-state index contributed by atoms with van der Waals surface area (Å²) in [6, 6.07) is 14.0. The van der Waals surface area contributed by atoms with Crippen LogP contribution in [0.5, 0.6) is 0 Å². The summed E-state index contributed by atoms with van der Waals surface area (Å²) in [5, 5.41) is 11.5. The predicted molar refractivity (Wildman–Crippen MR) is 83.4 cm³/mol. The minimum absolute atomic E-state index is 0.0678. The van der Waals surface area contributed by atoms with Gasteiger partial charge in [-0.3, -0.25) is 10.1 Å². The van der Waals surface area contributed by atoms with Gasteiger partial charge < -0.3 is 0 Å². The summed E-state index contributed by atoms with van der Waals surface area (Å²) in [5.74, 6) is 0. The molecule has 3 aromatic rings. The fourth-order valence-corrected chi connectivity index (χ4v) is 2.60. The molecule has 0 saturated carbocycles. The Morgan fingerprint density at radius 2 is 1.62 bits per heavy atom. The third-order valence-corrected chi connectivity index (χ3v) is 3.75. The van der Waals surface area contributed by atoms with Crippen LogP contribution >= 0.6 is 11.8 Å². The normalized spacial score (nSPS) is 10.7. The fourth-order valence-electron chi connectivity index (χ4n) is 2.06. The lowest BCUT2D eigenvalue weighted by Crippen LogP contribution is -1.94. The molecule has 0 N–H and O–H groups in total. The first-order valence-electron chi connectivity index (χ1n) is 6.24. The zero-order chi connectivity index (χ0) is 14.8. The highest BCUT2D eigenvalue weighted by Crippen LogP contribution is 2.29. The first-order valence-corrected chi connectivity index (χ1v) is 7.47. The maximum absolute atomic E-state index is 10.7. The Labute approximate surface area is 125 Å². The molecule has 0 spiro atoms. The lowest BCUT2D eigenvalue weighted by Gasteiger charge is -2.07. The van der Waals surface area contributed by atoms with Crippen LogP contribution in [0.25, 0.3) is 22.3 Å². The number of nitro benzene ring substituents is 1. The molecule has 0 bridgehead atoms. The van der Waals surface area contributed by atoms with E-state index in [1.807, 2.05) is 30.5 Å². The van der Waals surface area contributed by atoms with Crippen LogP contribution in [0.2, 0.25) is 0 Å². The molecule has 104 valence electrons. The molecule has 0 radical (unpaired) electrons. The summed E-state index contributed by atoms with van der Waals surface area (Å²) in [5.41, 5.74) is 3.29. The van der Waals surface area contributed by atoms with E-state index in [-0.39, 0.29) is 5.69 Å². The zero-order valence-corrected chi connectivity index (χ0v) is 12.0. The standard InChI is InChI=1S/C15H11N3O2S/c1-21-15-14(10-6-8-11(9-7-10)18(19)20)16-12-4-2-3-5-13(12)17-15/h2-9H,1H3. The number of non-ortho nitro benzene ring substituents is 1. The van der Waals surface area contributed by atoms with E-state index in [0.29, 0.717) is 0 Å². The smallest absolute Gasteiger partial charge is 0.258 e. The molecule has 3 rings (SSSR count). The molecule has 6 heteroatoms. The number of hydrogen-bond donors (Lipinski definition) is 0. The number of hydrogen-bond acceptors (Lipinski definition) is 5. The van der Waals surface area contributed by atoms with Gasteiger partial charge in [-0.05, 0) is 30.5 Å². The largest absolute Gasteiger partial charge is 0.269 e. The highest BCUT2D eigenvalue weighted by Gasteiger charge is 2.12. The third-order valence-electron chi connectivity index (χ3n) is 3.08. The molecule has 0 aliphatic heterocycles. The molecule has 0 saturated heterocycles. The van der Waals surface area contributed by atoms with Crippen molar-refractivity contribution in [1.29, 1.82) is 0 Å². The topological polar surface area (TPSA) is 68.9 Å². The maximum atomic E-state index is 10.7. The van der Waals surface area contributed by atoms with Crippen molar-refractivity contribution in [1.82, 2.24) is 9.97 Å². The van der Waals surface area contributed by atoms with Gasteiger partial charge in [0.1, 0.15) is 10.7 Å². The Hall–Kier alpha value is -2.47. The minimum atomic E-state index is -0.411. The number of aromatic nitrogens is 2. The van der Waals surface area contributed by atoms with Crippen molar-refractivity contribution in [2.45, 2.75) is 5.03 Å². The Kier molecular flexibility index (Phi) is 3.53. The Morgan fingerprint density at radius 1 is 1.00 bits per heavy atom. The number of para-hydroxylation sites is 2. The molecular weight excluding hydrogens is 286 g/mol. The van der Waals surface area contributed by atoms with Crippen LogP contribution in [0.3, 0.4) is 0 Å². The van der Waals surface area contributed by atoms with Crippen LogP contribution in [0.4, 0.5) is 5.69 Å². The van der Waals surface area contributed by atoms with Gasteiger partial charge in [0.25, 0.3) is 5.69 Å². The van der Waals surface area contributed by atoms with Gasteiger partial charge in [0.15, 0.2) is 0 Å². The van der Waals surface area contributed by atoms with Crippen molar-refractivity contribution in [2.75, 3.05) is 6.26 Å². The van der Waals surface area contributed by atoms with E-state index in [0.717, 1.165) is 27.3 Å². The Balaban J connectivity index is 2.16. The maximum Gasteiger partial charge on any atom is 0.269 e. The minimum Gasteiger partial charge on any atom is -0.258 e. The van der Waals surface area contributed by atoms with Crippen molar-refractivity contribution < 1.29 is 4.92 Å². The van der Waals surface area contributed by atoms with Crippen molar-refractivity contribution in [2.24, 2.45) is 0 Å². The second kappa shape index (κ2) is 5.49. The summed E-state index contributed by atoms with van der Waals surface area (Å²) >= 11 is 1.51. The van der Waals surface area contributed by atoms with Crippen molar-refractivity contribution >= 4 is 28.5 Å². The number of nitro groups is 1. The molecule has 0 aliphatic rings. The second-order valence-electron chi connectivity index (χ2n) is 4.37. The van der Waals surface area contributed by atoms with E-state index < -0.39 is 4.92 Å². The first-order chi connectivity index (χ1) is 10.2. The SMILES string of the molecule is CSc1nc2ccccc2nc1-c1ccc([N+](=O)[O-])cc1. The second-order valence-corrected chi connectivity index (χ2v) is 5.17. The first kappa shape index (κ1) is 13.5. The van der Waals surface area contributed by atoms with E-state index >= 15 is 0 Å². The number of nitrogens with zero attached hydrogens (tertiary/aromatic N) is 3. The lowest BCUT2D eigenvalue weighted by atomic mass is 10.1. The quantitative estimate of drug-likeness (QED) is 0.416. The number of thioether (sulfide) groups is 1. The molecule has 2 aromatic carbocycles. The molecule has 0 amide bonds. The Morgan fingerprint density at radius 3 is 2.19 bits per heavy atom. The average Bonchev–Trinajstić information content (AvgIpc) is 2.53. The van der Waals surface area contributed by atoms with E-state index in [4.69, 9.17) is 0 Å². The van der Waals surface area contributed by atoms with Gasteiger partial charge in [-0.15, -0.1) is 11.8 Å². The van der Waals surface area contributed by atoms with Gasteiger partial charge in [0.2, 0.25) is 0 Å². The van der Waals surface area contributed by atoms with E-state index in [2.05, 4.69) is 9.97 Å². The van der Waals surface area contributed by atoms with Crippen LogP contribution in [-0.2, 0) is 0 Å². The van der Waals surface area contributed by atoms with Crippen molar-refractivity contribution in [3.8, 4) is 11.3 Å². The predicted octanol–water partition coefficient (Wildman–Crippen LogP) is 3.93. The average molecular weight is 297 g/mol. The van der Waals surface area contributed by atoms with Gasteiger partial charge in [0.05, 0.1) is 16.0 Å². The van der Waals surface area contributed by atoms with Crippen LogP contribution in [0, 0.1) is 10.1 Å². The highest BCUT2D eigenvalue weighted by molar-refractivity contribution is 7.98. The molecular formula is C15H11N3O2S. The summed E-state index contributed by atoms with van der Waals surface area (Å²) in [7, 11) is 0. The molecule has 0 fully saturated rings. The van der Waals surface area contributed by atoms with Gasteiger partial charge in [-0.1, -0.05) is 12.1 Å². The monoisotopic (exact) mass is 297 g/mol. The summed E-state index contributed by atoms with van der Waals surface area (Å²) in [6.07, 6.45) is 1.94. The molecule has 0 atom stereocenters. The Bertz CT molecular complexity index is 819. The molecule has 0 unspecified atom stereocenters. The number of benzene rings is 2. The molecule has 1 aromatic heterocycles. The van der Waals surface area contributed by atoms with Crippen LogP contribution in [-0.4, -0.2) is 21.1 Å². The van der Waals surface area contributed by atoms with E-state index in [1.165, 1.54) is 23.9 Å². The third kappa shape index (κ3) is 2.57. The van der Waals surface area contributed by atoms with Crippen LogP contribution in [0.1, 0.15) is 0 Å². The van der Waals surface area contributed by atoms with Crippen LogP contribution < -0.4 is 0 Å². The molecule has 21 heavy (non-hydrogen) atoms. The molecule has 5 nitrogen and oxygen atoms in total. The van der Waals surface area contributed by atoms with Gasteiger partial charge in [0, 0.05) is 17.7 Å². The summed E-state index contributed by atoms with van der Waals surface area (Å²) < 4.78 is 0. The lowest BCUT2D eigenvalue weighted by molar-refractivity contribution is -0.384. The molecule has 1 heterocycles. The van der Waals surface area contributed by atoms with Gasteiger partial charge >= 0.3 is 0 Å². The summed E-state index contributed by atoms with van der Waals surface area (Å²) in [6.45, 7) is 0. The number of rotatable bonds is 3. The van der Waals surface area contributed by atoms with Gasteiger partial charge in [-0.2, -0.15) is 0 Å². The molecule has 0 aliphatic carbocycles.